The molecule has 0 atom stereocenters. The summed E-state index contributed by atoms with van der Waals surface area (Å²) >= 11 is 0. The maximum atomic E-state index is 13.1. The lowest BCUT2D eigenvalue weighted by Gasteiger charge is -2.30. The second-order valence-electron chi connectivity index (χ2n) is 11.1. The van der Waals surface area contributed by atoms with Crippen LogP contribution in [0.3, 0.4) is 0 Å². The van der Waals surface area contributed by atoms with Gasteiger partial charge in [-0.15, -0.1) is 0 Å². The minimum Gasteiger partial charge on any atom is -0.489 e. The highest BCUT2D eigenvalue weighted by Gasteiger charge is 2.31. The number of carboxylic acids is 1. The summed E-state index contributed by atoms with van der Waals surface area (Å²) in [4.78, 5) is 28.9. The van der Waals surface area contributed by atoms with Gasteiger partial charge in [0.05, 0.1) is 30.0 Å². The van der Waals surface area contributed by atoms with Gasteiger partial charge in [-0.3, -0.25) is 4.79 Å². The molecule has 0 unspecified atom stereocenters. The summed E-state index contributed by atoms with van der Waals surface area (Å²) in [5, 5.41) is 10.9. The van der Waals surface area contributed by atoms with Crippen molar-refractivity contribution < 1.29 is 19.4 Å². The first-order chi connectivity index (χ1) is 18.5. The number of anilines is 1. The van der Waals surface area contributed by atoms with Crippen molar-refractivity contribution in [2.75, 3.05) is 38.2 Å². The number of fused-ring (bicyclic) bond motifs is 5. The number of piperidine rings is 1. The van der Waals surface area contributed by atoms with Crippen molar-refractivity contribution in [3.05, 3.63) is 47.5 Å². The molecule has 1 N–H and O–H groups in total. The molecule has 3 aromatic rings. The Morgan fingerprint density at radius 2 is 1.76 bits per heavy atom. The normalized spacial score (nSPS) is 17.9. The Morgan fingerprint density at radius 1 is 1.00 bits per heavy atom. The number of hydrogen-bond donors (Lipinski definition) is 1. The molecule has 3 heterocycles. The number of ether oxygens (including phenoxy) is 1. The Bertz CT molecular complexity index is 1370. The highest BCUT2D eigenvalue weighted by molar-refractivity contribution is 5.99. The Labute approximate surface area is 224 Å². The number of aromatic nitrogens is 1. The highest BCUT2D eigenvalue weighted by atomic mass is 16.5. The van der Waals surface area contributed by atoms with E-state index >= 15 is 0 Å². The van der Waals surface area contributed by atoms with Gasteiger partial charge in [-0.1, -0.05) is 31.4 Å². The minimum atomic E-state index is -0.908. The lowest BCUT2D eigenvalue weighted by atomic mass is 9.81. The average molecular weight is 516 g/mol. The zero-order valence-electron chi connectivity index (χ0n) is 22.2. The van der Waals surface area contributed by atoms with E-state index in [0.717, 1.165) is 72.4 Å². The van der Waals surface area contributed by atoms with Gasteiger partial charge in [0.2, 0.25) is 5.91 Å². The standard InChI is InChI=1S/C31H37N3O4/c1-32(20-27(35)33-15-6-3-7-16-33)25-12-8-11-24-29-28(21-9-4-2-5-10-21)23-14-13-22(31(36)37)19-26(23)34(29)17-18-38-30(24)25/h8,11-14,19,21H,2-7,9-10,15-18,20H2,1H3,(H,36,37). The second kappa shape index (κ2) is 10.4. The van der Waals surface area contributed by atoms with Gasteiger partial charge < -0.3 is 24.2 Å². The SMILES string of the molecule is CN(CC(=O)N1CCCCC1)c1cccc2c1OCCn1c-2c(C2CCCCC2)c2ccc(C(=O)O)cc21. The summed E-state index contributed by atoms with van der Waals surface area (Å²) in [6.45, 7) is 3.14. The molecule has 200 valence electrons. The predicted octanol–water partition coefficient (Wildman–Crippen LogP) is 5.90. The molecule has 7 heteroatoms. The quantitative estimate of drug-likeness (QED) is 0.458. The average Bonchev–Trinajstić information content (AvgIpc) is 3.14. The van der Waals surface area contributed by atoms with Crippen LogP contribution >= 0.6 is 0 Å². The molecule has 2 aliphatic heterocycles. The van der Waals surface area contributed by atoms with Crippen LogP contribution in [0, 0.1) is 0 Å². The Balaban J connectivity index is 1.46. The van der Waals surface area contributed by atoms with E-state index in [1.165, 1.54) is 31.2 Å². The molecule has 3 aliphatic rings. The summed E-state index contributed by atoms with van der Waals surface area (Å²) in [6, 6.07) is 11.8. The van der Waals surface area contributed by atoms with Crippen LogP contribution in [0.1, 0.15) is 73.2 Å². The smallest absolute Gasteiger partial charge is 0.335 e. The van der Waals surface area contributed by atoms with Crippen molar-refractivity contribution in [1.29, 1.82) is 0 Å². The summed E-state index contributed by atoms with van der Waals surface area (Å²) in [6.07, 6.45) is 9.36. The van der Waals surface area contributed by atoms with Gasteiger partial charge in [-0.2, -0.15) is 0 Å². The molecule has 1 amide bonds. The van der Waals surface area contributed by atoms with E-state index in [1.807, 2.05) is 35.0 Å². The van der Waals surface area contributed by atoms with Gasteiger partial charge in [0.25, 0.3) is 0 Å². The molecule has 0 radical (unpaired) electrons. The molecular weight excluding hydrogens is 478 g/mol. The monoisotopic (exact) mass is 515 g/mol. The molecule has 0 spiro atoms. The first-order valence-corrected chi connectivity index (χ1v) is 14.2. The van der Waals surface area contributed by atoms with E-state index in [0.29, 0.717) is 31.2 Å². The number of rotatable bonds is 5. The van der Waals surface area contributed by atoms with E-state index < -0.39 is 5.97 Å². The van der Waals surface area contributed by atoms with Crippen LogP contribution in [-0.2, 0) is 11.3 Å². The number of carboxylic acid groups (broad SMARTS) is 1. The van der Waals surface area contributed by atoms with Crippen LogP contribution in [0.5, 0.6) is 5.75 Å². The predicted molar refractivity (Wildman–Crippen MR) is 149 cm³/mol. The number of para-hydroxylation sites is 1. The molecular formula is C31H37N3O4. The zero-order chi connectivity index (χ0) is 26.2. The lowest BCUT2D eigenvalue weighted by molar-refractivity contribution is -0.130. The van der Waals surface area contributed by atoms with Crippen LogP contribution in [-0.4, -0.2) is 59.7 Å². The Kier molecular flexibility index (Phi) is 6.76. The molecule has 6 rings (SSSR count). The van der Waals surface area contributed by atoms with Gasteiger partial charge in [0.1, 0.15) is 6.61 Å². The molecule has 38 heavy (non-hydrogen) atoms. The molecule has 1 aliphatic carbocycles. The van der Waals surface area contributed by atoms with E-state index in [2.05, 4.69) is 16.7 Å². The van der Waals surface area contributed by atoms with Crippen LogP contribution in [0.25, 0.3) is 22.2 Å². The summed E-state index contributed by atoms with van der Waals surface area (Å²) < 4.78 is 8.71. The first kappa shape index (κ1) is 24.8. The van der Waals surface area contributed by atoms with Crippen molar-refractivity contribution in [2.45, 2.75) is 63.8 Å². The number of nitrogens with zero attached hydrogens (tertiary/aromatic N) is 3. The molecule has 2 fully saturated rings. The van der Waals surface area contributed by atoms with Gasteiger partial charge in [-0.25, -0.2) is 4.79 Å². The fourth-order valence-electron chi connectivity index (χ4n) is 6.77. The van der Waals surface area contributed by atoms with Crippen molar-refractivity contribution in [1.82, 2.24) is 9.47 Å². The van der Waals surface area contributed by atoms with Crippen molar-refractivity contribution in [2.24, 2.45) is 0 Å². The van der Waals surface area contributed by atoms with Gasteiger partial charge in [-0.05, 0) is 67.9 Å². The molecule has 0 bridgehead atoms. The van der Waals surface area contributed by atoms with Gasteiger partial charge in [0, 0.05) is 36.6 Å². The number of benzene rings is 2. The van der Waals surface area contributed by atoms with Gasteiger partial charge in [0.15, 0.2) is 5.75 Å². The third-order valence-electron chi connectivity index (χ3n) is 8.67. The maximum absolute atomic E-state index is 13.1. The Morgan fingerprint density at radius 3 is 2.53 bits per heavy atom. The van der Waals surface area contributed by atoms with E-state index in [4.69, 9.17) is 4.74 Å². The van der Waals surface area contributed by atoms with Crippen LogP contribution < -0.4 is 9.64 Å². The molecule has 1 aromatic heterocycles. The maximum Gasteiger partial charge on any atom is 0.335 e. The number of carbonyl (C=O) groups is 2. The third-order valence-corrected chi connectivity index (χ3v) is 8.67. The number of aromatic carboxylic acids is 1. The summed E-state index contributed by atoms with van der Waals surface area (Å²) in [5.41, 5.74) is 5.71. The number of likely N-dealkylation sites (tertiary alicyclic amines) is 1. The van der Waals surface area contributed by atoms with E-state index in [9.17, 15) is 14.7 Å². The molecule has 1 saturated carbocycles. The first-order valence-electron chi connectivity index (χ1n) is 14.2. The molecule has 7 nitrogen and oxygen atoms in total. The third kappa shape index (κ3) is 4.42. The van der Waals surface area contributed by atoms with Crippen LogP contribution in [0.2, 0.25) is 0 Å². The summed E-state index contributed by atoms with van der Waals surface area (Å²) in [7, 11) is 1.97. The number of hydrogen-bond acceptors (Lipinski definition) is 4. The van der Waals surface area contributed by atoms with Crippen LogP contribution in [0.15, 0.2) is 36.4 Å². The van der Waals surface area contributed by atoms with E-state index in [-0.39, 0.29) is 5.91 Å². The molecule has 2 aromatic carbocycles. The fraction of sp³-hybridized carbons (Fsp3) is 0.484. The number of likely N-dealkylation sites (N-methyl/N-ethyl adjacent to an activating group) is 1. The van der Waals surface area contributed by atoms with E-state index in [1.54, 1.807) is 6.07 Å². The Hall–Kier alpha value is -3.48. The number of amides is 1. The summed E-state index contributed by atoms with van der Waals surface area (Å²) in [5.74, 6) is 0.510. The van der Waals surface area contributed by atoms with Crippen molar-refractivity contribution in [3.8, 4) is 17.0 Å². The zero-order valence-corrected chi connectivity index (χ0v) is 22.2. The lowest BCUT2D eigenvalue weighted by Crippen LogP contribution is -2.41. The second-order valence-corrected chi connectivity index (χ2v) is 11.1. The van der Waals surface area contributed by atoms with Gasteiger partial charge >= 0.3 is 5.97 Å². The molecule has 1 saturated heterocycles. The number of carbonyl (C=O) groups excluding carboxylic acids is 1. The largest absolute Gasteiger partial charge is 0.489 e. The topological polar surface area (TPSA) is 75.0 Å². The van der Waals surface area contributed by atoms with Crippen molar-refractivity contribution in [3.63, 3.8) is 0 Å². The minimum absolute atomic E-state index is 0.164. The van der Waals surface area contributed by atoms with Crippen LogP contribution in [0.4, 0.5) is 5.69 Å². The fourth-order valence-corrected chi connectivity index (χ4v) is 6.77. The van der Waals surface area contributed by atoms with Crippen molar-refractivity contribution >= 4 is 28.5 Å². The highest BCUT2D eigenvalue weighted by Crippen LogP contribution is 2.49.